The maximum Gasteiger partial charge on any atom is 0.0523 e. The molecule has 2 aromatic rings. The fourth-order valence-electron chi connectivity index (χ4n) is 2.69. The summed E-state index contributed by atoms with van der Waals surface area (Å²) in [5.41, 5.74) is 2.49. The number of nitrogens with zero attached hydrogens (tertiary/aromatic N) is 2. The predicted molar refractivity (Wildman–Crippen MR) is 72.4 cm³/mol. The first-order valence-corrected chi connectivity index (χ1v) is 6.68. The molecule has 0 spiro atoms. The number of aromatic nitrogens is 2. The topological polar surface area (TPSA) is 31.9 Å². The van der Waals surface area contributed by atoms with Crippen molar-refractivity contribution in [3.8, 4) is 0 Å². The number of rotatable bonds is 3. The van der Waals surface area contributed by atoms with E-state index in [1.807, 2.05) is 24.4 Å². The van der Waals surface area contributed by atoms with Gasteiger partial charge in [0.25, 0.3) is 0 Å². The van der Waals surface area contributed by atoms with Gasteiger partial charge in [-0.1, -0.05) is 23.7 Å². The minimum Gasteiger partial charge on any atom is -0.291 e. The third-order valence-corrected chi connectivity index (χ3v) is 3.75. The third-order valence-electron chi connectivity index (χ3n) is 3.52. The number of benzene rings is 1. The Balaban J connectivity index is 1.76. The van der Waals surface area contributed by atoms with Crippen molar-refractivity contribution in [3.05, 3.63) is 52.8 Å². The maximum atomic E-state index is 6.03. The van der Waals surface area contributed by atoms with E-state index in [2.05, 4.69) is 27.2 Å². The lowest BCUT2D eigenvalue weighted by Crippen LogP contribution is -2.23. The highest BCUT2D eigenvalue weighted by Gasteiger charge is 2.26. The van der Waals surface area contributed by atoms with Gasteiger partial charge in [0.2, 0.25) is 0 Å². The summed E-state index contributed by atoms with van der Waals surface area (Å²) < 4.78 is 0. The van der Waals surface area contributed by atoms with Crippen LogP contribution in [0.5, 0.6) is 0 Å². The summed E-state index contributed by atoms with van der Waals surface area (Å²) in [6.45, 7) is 2.08. The van der Waals surface area contributed by atoms with Crippen molar-refractivity contribution in [2.45, 2.75) is 25.4 Å². The van der Waals surface area contributed by atoms with Gasteiger partial charge in [-0.25, -0.2) is 0 Å². The van der Waals surface area contributed by atoms with E-state index in [9.17, 15) is 0 Å². The zero-order valence-electron chi connectivity index (χ0n) is 10.1. The van der Waals surface area contributed by atoms with E-state index < -0.39 is 0 Å². The lowest BCUT2D eigenvalue weighted by Gasteiger charge is -2.23. The van der Waals surface area contributed by atoms with Crippen molar-refractivity contribution in [1.29, 1.82) is 0 Å². The van der Waals surface area contributed by atoms with E-state index in [0.717, 1.165) is 18.1 Å². The van der Waals surface area contributed by atoms with Crippen LogP contribution in [0.2, 0.25) is 5.02 Å². The first-order chi connectivity index (χ1) is 8.83. The van der Waals surface area contributed by atoms with Crippen molar-refractivity contribution in [2.24, 2.45) is 0 Å². The first kappa shape index (κ1) is 11.8. The van der Waals surface area contributed by atoms with Gasteiger partial charge in [0.05, 0.1) is 11.7 Å². The van der Waals surface area contributed by atoms with Crippen molar-refractivity contribution < 1.29 is 0 Å². The molecule has 1 aromatic heterocycles. The molecule has 0 radical (unpaired) electrons. The monoisotopic (exact) mass is 261 g/mol. The number of H-pyrrole nitrogens is 1. The molecule has 1 aliphatic heterocycles. The lowest BCUT2D eigenvalue weighted by atomic mass is 10.1. The molecule has 0 amide bonds. The molecule has 1 saturated heterocycles. The molecular formula is C14H16ClN3. The molecule has 1 aliphatic rings. The normalized spacial score (nSPS) is 20.4. The Morgan fingerprint density at radius 3 is 3.11 bits per heavy atom. The SMILES string of the molecule is Clc1cccc(CN2CCCC2c2ccn[nH]2)c1. The van der Waals surface area contributed by atoms with Crippen molar-refractivity contribution >= 4 is 11.6 Å². The van der Waals surface area contributed by atoms with Gasteiger partial charge in [-0.15, -0.1) is 0 Å². The van der Waals surface area contributed by atoms with E-state index in [1.54, 1.807) is 0 Å². The number of nitrogens with one attached hydrogen (secondary N) is 1. The molecule has 4 heteroatoms. The van der Waals surface area contributed by atoms with Crippen LogP contribution < -0.4 is 0 Å². The van der Waals surface area contributed by atoms with Crippen LogP contribution in [-0.4, -0.2) is 21.6 Å². The summed E-state index contributed by atoms with van der Waals surface area (Å²) in [5.74, 6) is 0. The lowest BCUT2D eigenvalue weighted by molar-refractivity contribution is 0.244. The Morgan fingerprint density at radius 1 is 1.39 bits per heavy atom. The summed E-state index contributed by atoms with van der Waals surface area (Å²) in [7, 11) is 0. The van der Waals surface area contributed by atoms with E-state index >= 15 is 0 Å². The van der Waals surface area contributed by atoms with Crippen LogP contribution in [0.4, 0.5) is 0 Å². The molecule has 18 heavy (non-hydrogen) atoms. The van der Waals surface area contributed by atoms with E-state index in [1.165, 1.54) is 24.1 Å². The number of halogens is 1. The third kappa shape index (κ3) is 2.42. The summed E-state index contributed by atoms with van der Waals surface area (Å²) in [6.07, 6.45) is 4.26. The van der Waals surface area contributed by atoms with Crippen LogP contribution in [0, 0.1) is 0 Å². The zero-order valence-corrected chi connectivity index (χ0v) is 10.9. The van der Waals surface area contributed by atoms with Gasteiger partial charge < -0.3 is 0 Å². The Bertz CT molecular complexity index is 510. The summed E-state index contributed by atoms with van der Waals surface area (Å²) in [5, 5.41) is 7.95. The van der Waals surface area contributed by atoms with Crippen LogP contribution in [0.15, 0.2) is 36.5 Å². The fourth-order valence-corrected chi connectivity index (χ4v) is 2.90. The molecular weight excluding hydrogens is 246 g/mol. The Hall–Kier alpha value is -1.32. The number of hydrogen-bond acceptors (Lipinski definition) is 2. The molecule has 0 bridgehead atoms. The maximum absolute atomic E-state index is 6.03. The highest BCUT2D eigenvalue weighted by Crippen LogP contribution is 2.32. The van der Waals surface area contributed by atoms with Crippen LogP contribution in [0.1, 0.15) is 30.1 Å². The van der Waals surface area contributed by atoms with Gasteiger partial charge in [-0.2, -0.15) is 5.10 Å². The van der Waals surface area contributed by atoms with Gasteiger partial charge in [0.15, 0.2) is 0 Å². The van der Waals surface area contributed by atoms with Crippen molar-refractivity contribution in [2.75, 3.05) is 6.54 Å². The first-order valence-electron chi connectivity index (χ1n) is 6.31. The van der Waals surface area contributed by atoms with Crippen molar-refractivity contribution in [1.82, 2.24) is 15.1 Å². The van der Waals surface area contributed by atoms with Gasteiger partial charge >= 0.3 is 0 Å². The molecule has 0 saturated carbocycles. The van der Waals surface area contributed by atoms with Crippen LogP contribution >= 0.6 is 11.6 Å². The minimum absolute atomic E-state index is 0.464. The zero-order chi connectivity index (χ0) is 12.4. The van der Waals surface area contributed by atoms with Crippen molar-refractivity contribution in [3.63, 3.8) is 0 Å². The molecule has 0 aliphatic carbocycles. The van der Waals surface area contributed by atoms with Crippen LogP contribution in [0.3, 0.4) is 0 Å². The van der Waals surface area contributed by atoms with Crippen LogP contribution in [-0.2, 0) is 6.54 Å². The molecule has 1 aromatic carbocycles. The Morgan fingerprint density at radius 2 is 2.33 bits per heavy atom. The fraction of sp³-hybridized carbons (Fsp3) is 0.357. The average molecular weight is 262 g/mol. The summed E-state index contributed by atoms with van der Waals surface area (Å²) in [4.78, 5) is 2.49. The Kier molecular flexibility index (Phi) is 3.35. The second-order valence-corrected chi connectivity index (χ2v) is 5.21. The largest absolute Gasteiger partial charge is 0.291 e. The molecule has 1 unspecified atom stereocenters. The number of likely N-dealkylation sites (tertiary alicyclic amines) is 1. The quantitative estimate of drug-likeness (QED) is 0.918. The van der Waals surface area contributed by atoms with Crippen LogP contribution in [0.25, 0.3) is 0 Å². The molecule has 1 fully saturated rings. The van der Waals surface area contributed by atoms with Gasteiger partial charge in [0, 0.05) is 17.8 Å². The van der Waals surface area contributed by atoms with Gasteiger partial charge in [-0.3, -0.25) is 10.00 Å². The summed E-state index contributed by atoms with van der Waals surface area (Å²) in [6, 6.07) is 10.6. The Labute approximate surface area is 112 Å². The second kappa shape index (κ2) is 5.12. The molecule has 94 valence electrons. The highest BCUT2D eigenvalue weighted by molar-refractivity contribution is 6.30. The molecule has 1 atom stereocenters. The average Bonchev–Trinajstić information content (AvgIpc) is 2.98. The minimum atomic E-state index is 0.464. The van der Waals surface area contributed by atoms with E-state index in [-0.39, 0.29) is 0 Å². The van der Waals surface area contributed by atoms with E-state index in [4.69, 9.17) is 11.6 Å². The molecule has 3 nitrogen and oxygen atoms in total. The highest BCUT2D eigenvalue weighted by atomic mass is 35.5. The predicted octanol–water partition coefficient (Wildman–Crippen LogP) is 3.40. The molecule has 2 heterocycles. The number of hydrogen-bond donors (Lipinski definition) is 1. The van der Waals surface area contributed by atoms with E-state index in [0.29, 0.717) is 6.04 Å². The molecule has 1 N–H and O–H groups in total. The summed E-state index contributed by atoms with van der Waals surface area (Å²) >= 11 is 6.03. The van der Waals surface area contributed by atoms with Gasteiger partial charge in [-0.05, 0) is 43.1 Å². The second-order valence-electron chi connectivity index (χ2n) is 4.77. The molecule has 3 rings (SSSR count). The smallest absolute Gasteiger partial charge is 0.0523 e. The standard InChI is InChI=1S/C14H16ClN3/c15-12-4-1-3-11(9-12)10-18-8-2-5-14(18)13-6-7-16-17-13/h1,3-4,6-7,9,14H,2,5,8,10H2,(H,16,17). The number of aromatic amines is 1. The van der Waals surface area contributed by atoms with Gasteiger partial charge in [0.1, 0.15) is 0 Å².